The molecular weight excluding hydrogens is 323 g/mol. The SMILES string of the molecule is CCCN(c1nc(Nc2cccnc2)c(C(N)=O)cc1F)C1(N)CC1. The second-order valence-corrected chi connectivity index (χ2v) is 6.18. The highest BCUT2D eigenvalue weighted by atomic mass is 19.1. The highest BCUT2D eigenvalue weighted by Crippen LogP contribution is 2.40. The molecule has 1 saturated carbocycles. The lowest BCUT2D eigenvalue weighted by Gasteiger charge is -2.30. The molecule has 7 nitrogen and oxygen atoms in total. The maximum atomic E-state index is 14.7. The molecule has 2 heterocycles. The van der Waals surface area contributed by atoms with Crippen LogP contribution in [0.25, 0.3) is 0 Å². The van der Waals surface area contributed by atoms with Crippen LogP contribution in [0.5, 0.6) is 0 Å². The third kappa shape index (κ3) is 3.53. The van der Waals surface area contributed by atoms with Crippen LogP contribution < -0.4 is 21.7 Å². The van der Waals surface area contributed by atoms with Crippen molar-refractivity contribution >= 4 is 23.2 Å². The van der Waals surface area contributed by atoms with Crippen LogP contribution in [0.3, 0.4) is 0 Å². The number of carbonyl (C=O) groups excluding carboxylic acids is 1. The molecule has 3 rings (SSSR count). The standard InChI is InChI=1S/C17H21FN6O/c1-2-8-24(17(20)5-6-17)16-13(18)9-12(14(19)25)15(23-16)22-11-4-3-7-21-10-11/h3-4,7,9-10H,2,5-6,8,20H2,1H3,(H2,19,25)(H,22,23). The van der Waals surface area contributed by atoms with E-state index in [2.05, 4.69) is 15.3 Å². The molecule has 1 amide bonds. The van der Waals surface area contributed by atoms with Crippen molar-refractivity contribution in [2.75, 3.05) is 16.8 Å². The van der Waals surface area contributed by atoms with Crippen LogP contribution in [0.2, 0.25) is 0 Å². The Balaban J connectivity index is 2.04. The van der Waals surface area contributed by atoms with Gasteiger partial charge in [0.2, 0.25) is 0 Å². The third-order valence-electron chi connectivity index (χ3n) is 4.15. The molecule has 0 unspecified atom stereocenters. The zero-order chi connectivity index (χ0) is 18.0. The molecule has 25 heavy (non-hydrogen) atoms. The van der Waals surface area contributed by atoms with E-state index >= 15 is 0 Å². The highest BCUT2D eigenvalue weighted by molar-refractivity contribution is 5.98. The molecule has 0 aromatic carbocycles. The molecule has 0 radical (unpaired) electrons. The molecule has 0 aliphatic heterocycles. The van der Waals surface area contributed by atoms with Gasteiger partial charge in [0.15, 0.2) is 11.6 Å². The molecule has 8 heteroatoms. The highest BCUT2D eigenvalue weighted by Gasteiger charge is 2.45. The fraction of sp³-hybridized carbons (Fsp3) is 0.353. The molecule has 2 aromatic heterocycles. The first-order valence-corrected chi connectivity index (χ1v) is 8.18. The van der Waals surface area contributed by atoms with E-state index in [-0.39, 0.29) is 17.2 Å². The Kier molecular flexibility index (Phi) is 4.54. The second-order valence-electron chi connectivity index (χ2n) is 6.18. The van der Waals surface area contributed by atoms with Gasteiger partial charge in [-0.3, -0.25) is 9.78 Å². The number of anilines is 3. The van der Waals surface area contributed by atoms with Crippen LogP contribution in [0.4, 0.5) is 21.7 Å². The fourth-order valence-corrected chi connectivity index (χ4v) is 2.69. The number of hydrogen-bond donors (Lipinski definition) is 3. The first-order valence-electron chi connectivity index (χ1n) is 8.18. The Labute approximate surface area is 145 Å². The molecule has 1 fully saturated rings. The lowest BCUT2D eigenvalue weighted by atomic mass is 10.2. The van der Waals surface area contributed by atoms with Crippen molar-refractivity contribution in [3.05, 3.63) is 42.0 Å². The van der Waals surface area contributed by atoms with Gasteiger partial charge in [0.05, 0.1) is 23.1 Å². The number of nitrogens with two attached hydrogens (primary N) is 2. The number of halogens is 1. The molecule has 0 atom stereocenters. The van der Waals surface area contributed by atoms with Gasteiger partial charge in [0, 0.05) is 12.7 Å². The lowest BCUT2D eigenvalue weighted by Crippen LogP contribution is -2.46. The topological polar surface area (TPSA) is 110 Å². The summed E-state index contributed by atoms with van der Waals surface area (Å²) in [5.74, 6) is -1.07. The quantitative estimate of drug-likeness (QED) is 0.664. The van der Waals surface area contributed by atoms with Gasteiger partial charge in [0.1, 0.15) is 5.82 Å². The smallest absolute Gasteiger partial charge is 0.252 e. The maximum Gasteiger partial charge on any atom is 0.252 e. The number of rotatable bonds is 7. The van der Waals surface area contributed by atoms with E-state index in [1.165, 1.54) is 0 Å². The summed E-state index contributed by atoms with van der Waals surface area (Å²) < 4.78 is 14.7. The number of carbonyl (C=O) groups is 1. The monoisotopic (exact) mass is 344 g/mol. The normalized spacial score (nSPS) is 14.8. The predicted molar refractivity (Wildman–Crippen MR) is 94.0 cm³/mol. The van der Waals surface area contributed by atoms with E-state index in [9.17, 15) is 9.18 Å². The van der Waals surface area contributed by atoms with Crippen molar-refractivity contribution in [3.8, 4) is 0 Å². The summed E-state index contributed by atoms with van der Waals surface area (Å²) in [7, 11) is 0. The van der Waals surface area contributed by atoms with Gasteiger partial charge < -0.3 is 21.7 Å². The summed E-state index contributed by atoms with van der Waals surface area (Å²) in [5, 5.41) is 2.98. The number of aromatic nitrogens is 2. The summed E-state index contributed by atoms with van der Waals surface area (Å²) in [5.41, 5.74) is 11.7. The Hall–Kier alpha value is -2.74. The largest absolute Gasteiger partial charge is 0.365 e. The minimum Gasteiger partial charge on any atom is -0.365 e. The van der Waals surface area contributed by atoms with Crippen molar-refractivity contribution in [1.82, 2.24) is 9.97 Å². The predicted octanol–water partition coefficient (Wildman–Crippen LogP) is 2.12. The van der Waals surface area contributed by atoms with E-state index in [1.807, 2.05) is 6.92 Å². The number of primary amides is 1. The summed E-state index contributed by atoms with van der Waals surface area (Å²) in [4.78, 5) is 21.8. The van der Waals surface area contributed by atoms with Crippen molar-refractivity contribution in [2.45, 2.75) is 31.8 Å². The molecule has 132 valence electrons. The Morgan fingerprint density at radius 3 is 2.80 bits per heavy atom. The number of pyridine rings is 2. The van der Waals surface area contributed by atoms with Crippen molar-refractivity contribution < 1.29 is 9.18 Å². The van der Waals surface area contributed by atoms with Crippen molar-refractivity contribution in [1.29, 1.82) is 0 Å². The molecule has 0 saturated heterocycles. The molecule has 5 N–H and O–H groups in total. The lowest BCUT2D eigenvalue weighted by molar-refractivity contribution is 0.100. The number of nitrogens with one attached hydrogen (secondary N) is 1. The molecule has 0 bridgehead atoms. The minimum atomic E-state index is -0.764. The molecule has 2 aromatic rings. The van der Waals surface area contributed by atoms with E-state index in [0.29, 0.717) is 12.2 Å². The van der Waals surface area contributed by atoms with Crippen molar-refractivity contribution in [3.63, 3.8) is 0 Å². The number of nitrogens with zero attached hydrogens (tertiary/aromatic N) is 3. The Morgan fingerprint density at radius 2 is 2.24 bits per heavy atom. The first-order chi connectivity index (χ1) is 11.9. The average Bonchev–Trinajstić information content (AvgIpc) is 3.33. The van der Waals surface area contributed by atoms with Gasteiger partial charge in [-0.15, -0.1) is 0 Å². The van der Waals surface area contributed by atoms with Gasteiger partial charge in [-0.05, 0) is 37.5 Å². The first kappa shape index (κ1) is 17.1. The number of hydrogen-bond acceptors (Lipinski definition) is 6. The molecule has 1 aliphatic carbocycles. The zero-order valence-electron chi connectivity index (χ0n) is 14.0. The van der Waals surface area contributed by atoms with Crippen LogP contribution in [0.15, 0.2) is 30.6 Å². The molecule has 1 aliphatic rings. The van der Waals surface area contributed by atoms with Gasteiger partial charge in [-0.1, -0.05) is 6.92 Å². The van der Waals surface area contributed by atoms with Crippen LogP contribution in [-0.2, 0) is 0 Å². The van der Waals surface area contributed by atoms with Crippen LogP contribution in [-0.4, -0.2) is 28.1 Å². The average molecular weight is 344 g/mol. The van der Waals surface area contributed by atoms with Gasteiger partial charge in [0.25, 0.3) is 5.91 Å². The summed E-state index contributed by atoms with van der Waals surface area (Å²) in [6.45, 7) is 2.56. The minimum absolute atomic E-state index is 0.0246. The summed E-state index contributed by atoms with van der Waals surface area (Å²) in [6.07, 6.45) is 5.54. The van der Waals surface area contributed by atoms with Crippen LogP contribution in [0.1, 0.15) is 36.5 Å². The summed E-state index contributed by atoms with van der Waals surface area (Å²) in [6, 6.07) is 4.61. The van der Waals surface area contributed by atoms with E-state index in [4.69, 9.17) is 11.5 Å². The van der Waals surface area contributed by atoms with Crippen LogP contribution >= 0.6 is 0 Å². The van der Waals surface area contributed by atoms with Gasteiger partial charge >= 0.3 is 0 Å². The van der Waals surface area contributed by atoms with Gasteiger partial charge in [-0.2, -0.15) is 0 Å². The second kappa shape index (κ2) is 6.64. The zero-order valence-corrected chi connectivity index (χ0v) is 14.0. The number of amides is 1. The van der Waals surface area contributed by atoms with E-state index in [1.54, 1.807) is 29.4 Å². The Bertz CT molecular complexity index is 778. The maximum absolute atomic E-state index is 14.7. The molecular formula is C17H21FN6O. The van der Waals surface area contributed by atoms with Crippen molar-refractivity contribution in [2.24, 2.45) is 11.5 Å². The molecule has 0 spiro atoms. The van der Waals surface area contributed by atoms with E-state index < -0.39 is 17.4 Å². The van der Waals surface area contributed by atoms with E-state index in [0.717, 1.165) is 25.3 Å². The third-order valence-corrected chi connectivity index (χ3v) is 4.15. The van der Waals surface area contributed by atoms with Crippen LogP contribution in [0, 0.1) is 5.82 Å². The fourth-order valence-electron chi connectivity index (χ4n) is 2.69. The Morgan fingerprint density at radius 1 is 1.48 bits per heavy atom. The summed E-state index contributed by atoms with van der Waals surface area (Å²) >= 11 is 0. The van der Waals surface area contributed by atoms with Gasteiger partial charge in [-0.25, -0.2) is 9.37 Å².